The summed E-state index contributed by atoms with van der Waals surface area (Å²) in [7, 11) is 0. The normalized spacial score (nSPS) is 17.3. The highest BCUT2D eigenvalue weighted by Gasteiger charge is 2.24. The number of hydrogen-bond acceptors (Lipinski definition) is 5. The Bertz CT molecular complexity index is 689. The number of carbonyl (C=O) groups is 1. The molecule has 0 aromatic carbocycles. The summed E-state index contributed by atoms with van der Waals surface area (Å²) < 4.78 is 0. The molecule has 0 spiro atoms. The number of nitrogens with one attached hydrogen (secondary N) is 1. The van der Waals surface area contributed by atoms with Crippen LogP contribution >= 0.6 is 0 Å². The van der Waals surface area contributed by atoms with E-state index in [0.29, 0.717) is 11.7 Å². The van der Waals surface area contributed by atoms with E-state index >= 15 is 0 Å². The lowest BCUT2D eigenvalue weighted by Gasteiger charge is -2.18. The fourth-order valence-corrected chi connectivity index (χ4v) is 2.82. The zero-order valence-corrected chi connectivity index (χ0v) is 13.5. The van der Waals surface area contributed by atoms with Crippen LogP contribution in [0.2, 0.25) is 0 Å². The van der Waals surface area contributed by atoms with Crippen molar-refractivity contribution in [3.8, 4) is 11.5 Å². The van der Waals surface area contributed by atoms with Crippen LogP contribution in [0.25, 0.3) is 11.5 Å². The van der Waals surface area contributed by atoms with Crippen LogP contribution in [0.1, 0.15) is 19.0 Å². The van der Waals surface area contributed by atoms with Crippen molar-refractivity contribution in [2.75, 3.05) is 24.5 Å². The van der Waals surface area contributed by atoms with E-state index in [1.807, 2.05) is 31.2 Å². The monoisotopic (exact) mass is 311 g/mol. The van der Waals surface area contributed by atoms with Gasteiger partial charge in [-0.3, -0.25) is 9.78 Å². The predicted octanol–water partition coefficient (Wildman–Crippen LogP) is 1.81. The van der Waals surface area contributed by atoms with Crippen molar-refractivity contribution < 1.29 is 4.79 Å². The van der Waals surface area contributed by atoms with Crippen LogP contribution in [-0.2, 0) is 4.79 Å². The van der Waals surface area contributed by atoms with Crippen LogP contribution in [0.3, 0.4) is 0 Å². The van der Waals surface area contributed by atoms with Crippen molar-refractivity contribution >= 4 is 11.7 Å². The molecule has 6 heteroatoms. The zero-order valence-electron chi connectivity index (χ0n) is 13.5. The van der Waals surface area contributed by atoms with Gasteiger partial charge in [-0.2, -0.15) is 0 Å². The average Bonchev–Trinajstić information content (AvgIpc) is 3.02. The number of rotatable bonds is 4. The minimum atomic E-state index is 0.0266. The Morgan fingerprint density at radius 1 is 1.39 bits per heavy atom. The molecule has 0 aliphatic carbocycles. The molecule has 1 aliphatic rings. The van der Waals surface area contributed by atoms with Gasteiger partial charge in [0.25, 0.3) is 0 Å². The Kier molecular flexibility index (Phi) is 4.50. The molecule has 2 aromatic rings. The van der Waals surface area contributed by atoms with Crippen LogP contribution in [0.15, 0.2) is 30.5 Å². The Labute approximate surface area is 136 Å². The van der Waals surface area contributed by atoms with Crippen molar-refractivity contribution in [2.24, 2.45) is 5.92 Å². The minimum Gasteiger partial charge on any atom is -0.356 e. The molecule has 1 atom stereocenters. The molecule has 0 bridgehead atoms. The lowest BCUT2D eigenvalue weighted by atomic mass is 10.1. The summed E-state index contributed by atoms with van der Waals surface area (Å²) in [5, 5.41) is 2.90. The Morgan fingerprint density at radius 2 is 2.26 bits per heavy atom. The summed E-state index contributed by atoms with van der Waals surface area (Å²) in [5.41, 5.74) is 1.72. The molecule has 1 saturated heterocycles. The maximum atomic E-state index is 11.0. The first-order valence-corrected chi connectivity index (χ1v) is 7.88. The smallest absolute Gasteiger partial charge is 0.216 e. The van der Waals surface area contributed by atoms with Gasteiger partial charge in [0.15, 0.2) is 5.82 Å². The molecule has 6 nitrogen and oxygen atoms in total. The second-order valence-electron chi connectivity index (χ2n) is 5.94. The predicted molar refractivity (Wildman–Crippen MR) is 89.0 cm³/mol. The average molecular weight is 311 g/mol. The SMILES string of the molecule is CC(=O)NC[C@@H]1CCN(c2cc(C)nc(-c3ccccn3)n2)C1. The molecule has 0 saturated carbocycles. The fourth-order valence-electron chi connectivity index (χ4n) is 2.82. The van der Waals surface area contributed by atoms with Crippen LogP contribution in [0.4, 0.5) is 5.82 Å². The number of hydrogen-bond donors (Lipinski definition) is 1. The standard InChI is InChI=1S/C17H21N5O/c1-12-9-16(21-17(20-12)15-5-3-4-7-18-15)22-8-6-14(11-22)10-19-13(2)23/h3-5,7,9,14H,6,8,10-11H2,1-2H3,(H,19,23)/t14-/m0/s1. The third-order valence-corrected chi connectivity index (χ3v) is 3.98. The molecular formula is C17H21N5O. The lowest BCUT2D eigenvalue weighted by molar-refractivity contribution is -0.119. The van der Waals surface area contributed by atoms with Gasteiger partial charge in [0.2, 0.25) is 5.91 Å². The number of aryl methyl sites for hydroxylation is 1. The van der Waals surface area contributed by atoms with Gasteiger partial charge < -0.3 is 10.2 Å². The zero-order chi connectivity index (χ0) is 16.2. The largest absolute Gasteiger partial charge is 0.356 e. The quantitative estimate of drug-likeness (QED) is 0.932. The highest BCUT2D eigenvalue weighted by Crippen LogP contribution is 2.24. The van der Waals surface area contributed by atoms with E-state index in [2.05, 4.69) is 25.2 Å². The molecule has 2 aromatic heterocycles. The molecule has 3 heterocycles. The number of pyridine rings is 1. The van der Waals surface area contributed by atoms with Crippen molar-refractivity contribution in [1.29, 1.82) is 0 Å². The fraction of sp³-hybridized carbons (Fsp3) is 0.412. The summed E-state index contributed by atoms with van der Waals surface area (Å²) in [4.78, 5) is 26.8. The maximum Gasteiger partial charge on any atom is 0.216 e. The number of amides is 1. The molecule has 1 fully saturated rings. The summed E-state index contributed by atoms with van der Waals surface area (Å²) in [6.07, 6.45) is 2.81. The molecule has 3 rings (SSSR count). The van der Waals surface area contributed by atoms with Gasteiger partial charge in [-0.25, -0.2) is 9.97 Å². The van der Waals surface area contributed by atoms with Crippen LogP contribution in [0, 0.1) is 12.8 Å². The van der Waals surface area contributed by atoms with Gasteiger partial charge in [0, 0.05) is 44.5 Å². The second kappa shape index (κ2) is 6.73. The Morgan fingerprint density at radius 3 is 3.00 bits per heavy atom. The maximum absolute atomic E-state index is 11.0. The molecule has 0 unspecified atom stereocenters. The van der Waals surface area contributed by atoms with Crippen LogP contribution < -0.4 is 10.2 Å². The first kappa shape index (κ1) is 15.4. The van der Waals surface area contributed by atoms with E-state index in [9.17, 15) is 4.79 Å². The molecule has 120 valence electrons. The molecule has 23 heavy (non-hydrogen) atoms. The van der Waals surface area contributed by atoms with E-state index in [-0.39, 0.29) is 5.91 Å². The topological polar surface area (TPSA) is 71.0 Å². The molecule has 1 amide bonds. The number of aromatic nitrogens is 3. The number of anilines is 1. The van der Waals surface area contributed by atoms with Crippen molar-refractivity contribution in [2.45, 2.75) is 20.3 Å². The first-order chi connectivity index (χ1) is 11.1. The van der Waals surface area contributed by atoms with Crippen LogP contribution in [0.5, 0.6) is 0 Å². The van der Waals surface area contributed by atoms with Crippen molar-refractivity contribution in [3.63, 3.8) is 0 Å². The Balaban J connectivity index is 1.76. The first-order valence-electron chi connectivity index (χ1n) is 7.88. The number of nitrogens with zero attached hydrogens (tertiary/aromatic N) is 4. The molecule has 0 radical (unpaired) electrons. The van der Waals surface area contributed by atoms with Gasteiger partial charge in [-0.1, -0.05) is 6.07 Å². The van der Waals surface area contributed by atoms with Gasteiger partial charge in [0.05, 0.1) is 0 Å². The molecule has 1 aliphatic heterocycles. The third kappa shape index (κ3) is 3.83. The van der Waals surface area contributed by atoms with E-state index in [4.69, 9.17) is 0 Å². The summed E-state index contributed by atoms with van der Waals surface area (Å²) in [6.45, 7) is 6.10. The van der Waals surface area contributed by atoms with E-state index in [1.54, 1.807) is 13.1 Å². The van der Waals surface area contributed by atoms with Gasteiger partial charge in [-0.15, -0.1) is 0 Å². The van der Waals surface area contributed by atoms with E-state index < -0.39 is 0 Å². The summed E-state index contributed by atoms with van der Waals surface area (Å²) in [5.74, 6) is 2.08. The number of carbonyl (C=O) groups excluding carboxylic acids is 1. The van der Waals surface area contributed by atoms with Crippen molar-refractivity contribution in [1.82, 2.24) is 20.3 Å². The van der Waals surface area contributed by atoms with E-state index in [0.717, 1.165) is 43.3 Å². The van der Waals surface area contributed by atoms with Gasteiger partial charge >= 0.3 is 0 Å². The van der Waals surface area contributed by atoms with Crippen LogP contribution in [-0.4, -0.2) is 40.5 Å². The van der Waals surface area contributed by atoms with Crippen molar-refractivity contribution in [3.05, 3.63) is 36.2 Å². The highest BCUT2D eigenvalue weighted by atomic mass is 16.1. The minimum absolute atomic E-state index is 0.0266. The van der Waals surface area contributed by atoms with Gasteiger partial charge in [0.1, 0.15) is 11.5 Å². The molecule has 1 N–H and O–H groups in total. The summed E-state index contributed by atoms with van der Waals surface area (Å²) in [6, 6.07) is 7.75. The van der Waals surface area contributed by atoms with E-state index in [1.165, 1.54) is 0 Å². The lowest BCUT2D eigenvalue weighted by Crippen LogP contribution is -2.29. The van der Waals surface area contributed by atoms with Gasteiger partial charge in [-0.05, 0) is 31.4 Å². The Hall–Kier alpha value is -2.50. The highest BCUT2D eigenvalue weighted by molar-refractivity contribution is 5.72. The second-order valence-corrected chi connectivity index (χ2v) is 5.94. The third-order valence-electron chi connectivity index (χ3n) is 3.98. The summed E-state index contributed by atoms with van der Waals surface area (Å²) >= 11 is 0. The molecular weight excluding hydrogens is 290 g/mol.